The van der Waals surface area contributed by atoms with Gasteiger partial charge in [-0.15, -0.1) is 0 Å². The summed E-state index contributed by atoms with van der Waals surface area (Å²) >= 11 is 0. The summed E-state index contributed by atoms with van der Waals surface area (Å²) in [5.41, 5.74) is 1.42. The van der Waals surface area contributed by atoms with Crippen molar-refractivity contribution in [1.29, 1.82) is 0 Å². The molecule has 2 atom stereocenters. The standard InChI is InChI=1S/C20H21NO4/c1-2-25-18-11-7-6-10-15(18)19(22)21-12-16(17(13-21)20(23)24)14-8-4-3-5-9-14/h3-11,16-17H,2,12-13H2,1H3,(H,23,24). The van der Waals surface area contributed by atoms with Crippen LogP contribution < -0.4 is 4.74 Å². The first-order valence-electron chi connectivity index (χ1n) is 8.40. The second-order valence-corrected chi connectivity index (χ2v) is 6.10. The number of hydrogen-bond acceptors (Lipinski definition) is 3. The third-order valence-corrected chi connectivity index (χ3v) is 4.57. The second-order valence-electron chi connectivity index (χ2n) is 6.10. The summed E-state index contributed by atoms with van der Waals surface area (Å²) in [6.07, 6.45) is 0. The van der Waals surface area contributed by atoms with Crippen molar-refractivity contribution in [1.82, 2.24) is 4.90 Å². The van der Waals surface area contributed by atoms with Crippen LogP contribution in [0, 0.1) is 5.92 Å². The quantitative estimate of drug-likeness (QED) is 0.909. The minimum Gasteiger partial charge on any atom is -0.493 e. The minimum absolute atomic E-state index is 0.186. The fraction of sp³-hybridized carbons (Fsp3) is 0.300. The van der Waals surface area contributed by atoms with Crippen LogP contribution in [0.5, 0.6) is 5.75 Å². The van der Waals surface area contributed by atoms with Crippen molar-refractivity contribution >= 4 is 11.9 Å². The van der Waals surface area contributed by atoms with Gasteiger partial charge in [0, 0.05) is 19.0 Å². The highest BCUT2D eigenvalue weighted by molar-refractivity contribution is 5.97. The number of carboxylic acid groups (broad SMARTS) is 1. The number of amides is 1. The number of hydrogen-bond donors (Lipinski definition) is 1. The van der Waals surface area contributed by atoms with E-state index in [0.717, 1.165) is 5.56 Å². The first-order chi connectivity index (χ1) is 12.1. The van der Waals surface area contributed by atoms with Crippen LogP contribution in [-0.2, 0) is 4.79 Å². The molecule has 0 aliphatic carbocycles. The molecule has 1 saturated heterocycles. The number of nitrogens with zero attached hydrogens (tertiary/aromatic N) is 1. The Hall–Kier alpha value is -2.82. The van der Waals surface area contributed by atoms with E-state index in [1.807, 2.05) is 43.3 Å². The third kappa shape index (κ3) is 3.50. The maximum Gasteiger partial charge on any atom is 0.308 e. The first kappa shape index (κ1) is 17.0. The fourth-order valence-corrected chi connectivity index (χ4v) is 3.35. The lowest BCUT2D eigenvalue weighted by Crippen LogP contribution is -2.30. The highest BCUT2D eigenvalue weighted by atomic mass is 16.5. The van der Waals surface area contributed by atoms with Gasteiger partial charge in [-0.3, -0.25) is 9.59 Å². The molecule has 0 bridgehead atoms. The molecule has 3 rings (SSSR count). The Kier molecular flexibility index (Phi) is 5.03. The summed E-state index contributed by atoms with van der Waals surface area (Å²) in [6.45, 7) is 2.92. The van der Waals surface area contributed by atoms with Crippen LogP contribution in [0.4, 0.5) is 0 Å². The Balaban J connectivity index is 1.87. The highest BCUT2D eigenvalue weighted by Gasteiger charge is 2.41. The van der Waals surface area contributed by atoms with E-state index >= 15 is 0 Å². The molecule has 0 radical (unpaired) electrons. The van der Waals surface area contributed by atoms with E-state index in [2.05, 4.69) is 0 Å². The van der Waals surface area contributed by atoms with Gasteiger partial charge >= 0.3 is 5.97 Å². The van der Waals surface area contributed by atoms with Crippen molar-refractivity contribution in [2.24, 2.45) is 5.92 Å². The second kappa shape index (κ2) is 7.38. The molecule has 0 aromatic heterocycles. The lowest BCUT2D eigenvalue weighted by atomic mass is 9.89. The first-order valence-corrected chi connectivity index (χ1v) is 8.40. The molecule has 1 amide bonds. The van der Waals surface area contributed by atoms with Gasteiger partial charge in [-0.1, -0.05) is 42.5 Å². The molecule has 1 N–H and O–H groups in total. The molecule has 130 valence electrons. The number of rotatable bonds is 5. The van der Waals surface area contributed by atoms with E-state index in [1.54, 1.807) is 23.1 Å². The SMILES string of the molecule is CCOc1ccccc1C(=O)N1CC(C(=O)O)C(c2ccccc2)C1. The van der Waals surface area contributed by atoms with Crippen LogP contribution in [-0.4, -0.2) is 41.6 Å². The minimum atomic E-state index is -0.873. The van der Waals surface area contributed by atoms with Crippen LogP contribution in [0.15, 0.2) is 54.6 Å². The van der Waals surface area contributed by atoms with E-state index in [4.69, 9.17) is 4.74 Å². The molecular formula is C20H21NO4. The molecule has 1 heterocycles. The Bertz CT molecular complexity index is 759. The summed E-state index contributed by atoms with van der Waals surface area (Å²) < 4.78 is 5.54. The van der Waals surface area contributed by atoms with Gasteiger partial charge in [0.05, 0.1) is 18.1 Å². The zero-order valence-corrected chi connectivity index (χ0v) is 14.1. The summed E-state index contributed by atoms with van der Waals surface area (Å²) in [5, 5.41) is 9.59. The predicted octanol–water partition coefficient (Wildman–Crippen LogP) is 3.03. The van der Waals surface area contributed by atoms with Crippen molar-refractivity contribution in [2.75, 3.05) is 19.7 Å². The molecular weight excluding hydrogens is 318 g/mol. The lowest BCUT2D eigenvalue weighted by molar-refractivity contribution is -0.141. The molecule has 1 fully saturated rings. The van der Waals surface area contributed by atoms with Gasteiger partial charge in [-0.25, -0.2) is 0 Å². The summed E-state index contributed by atoms with van der Waals surface area (Å²) in [6, 6.07) is 16.6. The number of ether oxygens (including phenoxy) is 1. The van der Waals surface area contributed by atoms with Crippen molar-refractivity contribution in [2.45, 2.75) is 12.8 Å². The summed E-state index contributed by atoms with van der Waals surface area (Å²) in [5.74, 6) is -1.34. The molecule has 1 aliphatic rings. The number of carboxylic acids is 1. The van der Waals surface area contributed by atoms with Gasteiger partial charge in [-0.2, -0.15) is 0 Å². The Morgan fingerprint density at radius 2 is 1.76 bits per heavy atom. The molecule has 5 nitrogen and oxygen atoms in total. The molecule has 0 spiro atoms. The van der Waals surface area contributed by atoms with Gasteiger partial charge < -0.3 is 14.7 Å². The average Bonchev–Trinajstić information content (AvgIpc) is 3.08. The average molecular weight is 339 g/mol. The van der Waals surface area contributed by atoms with Gasteiger partial charge in [0.25, 0.3) is 5.91 Å². The molecule has 1 aliphatic heterocycles. The normalized spacial score (nSPS) is 19.6. The van der Waals surface area contributed by atoms with Crippen LogP contribution >= 0.6 is 0 Å². The maximum atomic E-state index is 12.9. The molecule has 2 unspecified atom stereocenters. The Labute approximate surface area is 146 Å². The van der Waals surface area contributed by atoms with Crippen LogP contribution in [0.1, 0.15) is 28.8 Å². The molecule has 0 saturated carbocycles. The fourth-order valence-electron chi connectivity index (χ4n) is 3.35. The largest absolute Gasteiger partial charge is 0.493 e. The van der Waals surface area contributed by atoms with Crippen molar-refractivity contribution < 1.29 is 19.4 Å². The van der Waals surface area contributed by atoms with E-state index in [9.17, 15) is 14.7 Å². The maximum absolute atomic E-state index is 12.9. The lowest BCUT2D eigenvalue weighted by Gasteiger charge is -2.18. The number of benzene rings is 2. The Morgan fingerprint density at radius 1 is 1.08 bits per heavy atom. The molecule has 25 heavy (non-hydrogen) atoms. The van der Waals surface area contributed by atoms with Gasteiger partial charge in [0.1, 0.15) is 5.75 Å². The summed E-state index contributed by atoms with van der Waals surface area (Å²) in [4.78, 5) is 26.3. The highest BCUT2D eigenvalue weighted by Crippen LogP contribution is 2.34. The number of likely N-dealkylation sites (tertiary alicyclic amines) is 1. The predicted molar refractivity (Wildman–Crippen MR) is 93.8 cm³/mol. The monoisotopic (exact) mass is 339 g/mol. The number of carbonyl (C=O) groups is 2. The van der Waals surface area contributed by atoms with E-state index < -0.39 is 11.9 Å². The third-order valence-electron chi connectivity index (χ3n) is 4.57. The van der Waals surface area contributed by atoms with Gasteiger partial charge in [0.2, 0.25) is 0 Å². The molecule has 2 aromatic carbocycles. The number of para-hydroxylation sites is 1. The van der Waals surface area contributed by atoms with Crippen LogP contribution in [0.25, 0.3) is 0 Å². The smallest absolute Gasteiger partial charge is 0.308 e. The van der Waals surface area contributed by atoms with E-state index in [0.29, 0.717) is 24.5 Å². The molecule has 5 heteroatoms. The van der Waals surface area contributed by atoms with Crippen LogP contribution in [0.2, 0.25) is 0 Å². The van der Waals surface area contributed by atoms with Crippen molar-refractivity contribution in [3.63, 3.8) is 0 Å². The van der Waals surface area contributed by atoms with E-state index in [1.165, 1.54) is 0 Å². The summed E-state index contributed by atoms with van der Waals surface area (Å²) in [7, 11) is 0. The van der Waals surface area contributed by atoms with Crippen molar-refractivity contribution in [3.05, 3.63) is 65.7 Å². The number of carbonyl (C=O) groups excluding carboxylic acids is 1. The zero-order chi connectivity index (χ0) is 17.8. The topological polar surface area (TPSA) is 66.8 Å². The molecule has 2 aromatic rings. The Morgan fingerprint density at radius 3 is 2.44 bits per heavy atom. The van der Waals surface area contributed by atoms with Gasteiger partial charge in [0.15, 0.2) is 0 Å². The zero-order valence-electron chi connectivity index (χ0n) is 14.1. The van der Waals surface area contributed by atoms with Gasteiger partial charge in [-0.05, 0) is 24.6 Å². The number of aliphatic carboxylic acids is 1. The van der Waals surface area contributed by atoms with Crippen LogP contribution in [0.3, 0.4) is 0 Å². The van der Waals surface area contributed by atoms with E-state index in [-0.39, 0.29) is 18.4 Å². The van der Waals surface area contributed by atoms with Crippen molar-refractivity contribution in [3.8, 4) is 5.75 Å².